The van der Waals surface area contributed by atoms with E-state index in [1.165, 1.54) is 0 Å². The van der Waals surface area contributed by atoms with Gasteiger partial charge in [-0.3, -0.25) is 14.9 Å². The minimum absolute atomic E-state index is 0.0358. The van der Waals surface area contributed by atoms with E-state index >= 15 is 0 Å². The summed E-state index contributed by atoms with van der Waals surface area (Å²) in [5, 5.41) is 22.2. The normalized spacial score (nSPS) is 12.2. The molecule has 8 nitrogen and oxygen atoms in total. The van der Waals surface area contributed by atoms with E-state index in [9.17, 15) is 14.9 Å². The van der Waals surface area contributed by atoms with Gasteiger partial charge in [-0.2, -0.15) is 0 Å². The Labute approximate surface area is 116 Å². The molecule has 110 valence electrons. The van der Waals surface area contributed by atoms with Gasteiger partial charge in [0.15, 0.2) is 0 Å². The largest absolute Gasteiger partial charge is 0.481 e. The molecule has 0 radical (unpaired) electrons. The first-order valence-corrected chi connectivity index (χ1v) is 6.30. The van der Waals surface area contributed by atoms with E-state index in [1.807, 2.05) is 13.8 Å². The SMILES string of the molecule is CC(C)CC(CNc1ncc([N+](=O)[O-])cn1)CC(=O)O. The Balaban J connectivity index is 2.57. The monoisotopic (exact) mass is 282 g/mol. The van der Waals surface area contributed by atoms with Crippen molar-refractivity contribution >= 4 is 17.6 Å². The highest BCUT2D eigenvalue weighted by molar-refractivity contribution is 5.67. The number of hydrogen-bond donors (Lipinski definition) is 2. The van der Waals surface area contributed by atoms with Crippen LogP contribution in [0.1, 0.15) is 26.7 Å². The van der Waals surface area contributed by atoms with Crippen LogP contribution in [0.3, 0.4) is 0 Å². The molecule has 0 saturated heterocycles. The maximum Gasteiger partial charge on any atom is 0.305 e. The van der Waals surface area contributed by atoms with Crippen molar-refractivity contribution in [1.29, 1.82) is 0 Å². The summed E-state index contributed by atoms with van der Waals surface area (Å²) in [5.74, 6) is -0.234. The Hall–Kier alpha value is -2.25. The maximum atomic E-state index is 10.8. The number of nitrogens with one attached hydrogen (secondary N) is 1. The van der Waals surface area contributed by atoms with Crippen molar-refractivity contribution in [2.45, 2.75) is 26.7 Å². The maximum absolute atomic E-state index is 10.8. The second-order valence-corrected chi connectivity index (χ2v) is 5.00. The molecule has 0 spiro atoms. The van der Waals surface area contributed by atoms with Crippen LogP contribution in [-0.4, -0.2) is 32.5 Å². The Morgan fingerprint density at radius 3 is 2.50 bits per heavy atom. The fourth-order valence-corrected chi connectivity index (χ4v) is 1.89. The number of anilines is 1. The van der Waals surface area contributed by atoms with Crippen molar-refractivity contribution in [3.05, 3.63) is 22.5 Å². The molecule has 0 bridgehead atoms. The van der Waals surface area contributed by atoms with E-state index in [0.717, 1.165) is 18.8 Å². The predicted octanol–water partition coefficient (Wildman–Crippen LogP) is 1.93. The molecule has 0 aliphatic rings. The zero-order valence-electron chi connectivity index (χ0n) is 11.4. The molecule has 2 N–H and O–H groups in total. The first-order chi connectivity index (χ1) is 9.38. The van der Waals surface area contributed by atoms with Gasteiger partial charge in [-0.15, -0.1) is 0 Å². The Kier molecular flexibility index (Phi) is 5.82. The molecular formula is C12H18N4O4. The lowest BCUT2D eigenvalue weighted by molar-refractivity contribution is -0.385. The Morgan fingerprint density at radius 2 is 2.05 bits per heavy atom. The van der Waals surface area contributed by atoms with Crippen molar-refractivity contribution in [2.24, 2.45) is 11.8 Å². The van der Waals surface area contributed by atoms with Crippen LogP contribution >= 0.6 is 0 Å². The van der Waals surface area contributed by atoms with Crippen LogP contribution in [0.15, 0.2) is 12.4 Å². The van der Waals surface area contributed by atoms with E-state index in [2.05, 4.69) is 15.3 Å². The van der Waals surface area contributed by atoms with Gasteiger partial charge in [0.25, 0.3) is 0 Å². The molecule has 1 heterocycles. The fraction of sp³-hybridized carbons (Fsp3) is 0.583. The summed E-state index contributed by atoms with van der Waals surface area (Å²) in [7, 11) is 0. The minimum atomic E-state index is -0.845. The average molecular weight is 282 g/mol. The second-order valence-electron chi connectivity index (χ2n) is 5.00. The van der Waals surface area contributed by atoms with Gasteiger partial charge in [-0.25, -0.2) is 9.97 Å². The van der Waals surface area contributed by atoms with Gasteiger partial charge in [0, 0.05) is 13.0 Å². The zero-order valence-corrected chi connectivity index (χ0v) is 11.4. The summed E-state index contributed by atoms with van der Waals surface area (Å²) in [5.41, 5.74) is -0.181. The first-order valence-electron chi connectivity index (χ1n) is 6.30. The van der Waals surface area contributed by atoms with Gasteiger partial charge >= 0.3 is 11.7 Å². The predicted molar refractivity (Wildman–Crippen MR) is 72.4 cm³/mol. The standard InChI is InChI=1S/C12H18N4O4/c1-8(2)3-9(4-11(17)18)5-13-12-14-6-10(7-15-12)16(19)20/h6-9H,3-5H2,1-2H3,(H,17,18)(H,13,14,15). The van der Waals surface area contributed by atoms with Gasteiger partial charge in [0.05, 0.1) is 4.92 Å². The lowest BCUT2D eigenvalue weighted by atomic mass is 9.94. The molecule has 1 aromatic heterocycles. The molecule has 1 aromatic rings. The third-order valence-electron chi connectivity index (χ3n) is 2.67. The molecular weight excluding hydrogens is 264 g/mol. The van der Waals surface area contributed by atoms with Gasteiger partial charge in [-0.05, 0) is 18.3 Å². The molecule has 0 saturated carbocycles. The van der Waals surface area contributed by atoms with Crippen LogP contribution in [0, 0.1) is 22.0 Å². The van der Waals surface area contributed by atoms with Crippen molar-refractivity contribution in [3.8, 4) is 0 Å². The smallest absolute Gasteiger partial charge is 0.305 e. The topological polar surface area (TPSA) is 118 Å². The van der Waals surface area contributed by atoms with E-state index in [0.29, 0.717) is 12.5 Å². The third-order valence-corrected chi connectivity index (χ3v) is 2.67. The molecule has 0 fully saturated rings. The summed E-state index contributed by atoms with van der Waals surface area (Å²) in [6, 6.07) is 0. The molecule has 1 rings (SSSR count). The van der Waals surface area contributed by atoms with Gasteiger partial charge < -0.3 is 10.4 Å². The molecule has 1 unspecified atom stereocenters. The molecule has 0 amide bonds. The number of hydrogen-bond acceptors (Lipinski definition) is 6. The van der Waals surface area contributed by atoms with E-state index in [-0.39, 0.29) is 24.0 Å². The third kappa shape index (κ3) is 5.59. The molecule has 8 heteroatoms. The number of nitrogens with zero attached hydrogens (tertiary/aromatic N) is 3. The van der Waals surface area contributed by atoms with Crippen molar-refractivity contribution in [1.82, 2.24) is 9.97 Å². The minimum Gasteiger partial charge on any atom is -0.481 e. The summed E-state index contributed by atoms with van der Waals surface area (Å²) in [4.78, 5) is 28.3. The highest BCUT2D eigenvalue weighted by Crippen LogP contribution is 2.16. The van der Waals surface area contributed by atoms with Crippen LogP contribution in [0.4, 0.5) is 11.6 Å². The van der Waals surface area contributed by atoms with E-state index in [4.69, 9.17) is 5.11 Å². The number of carboxylic acid groups (broad SMARTS) is 1. The zero-order chi connectivity index (χ0) is 15.1. The quantitative estimate of drug-likeness (QED) is 0.552. The highest BCUT2D eigenvalue weighted by atomic mass is 16.6. The lowest BCUT2D eigenvalue weighted by Gasteiger charge is -2.17. The second kappa shape index (κ2) is 7.37. The summed E-state index contributed by atoms with van der Waals surface area (Å²) < 4.78 is 0. The van der Waals surface area contributed by atoms with Crippen molar-refractivity contribution in [3.63, 3.8) is 0 Å². The van der Waals surface area contributed by atoms with Crippen molar-refractivity contribution in [2.75, 3.05) is 11.9 Å². The van der Waals surface area contributed by atoms with Crippen LogP contribution in [0.2, 0.25) is 0 Å². The summed E-state index contributed by atoms with van der Waals surface area (Å²) >= 11 is 0. The molecule has 0 aliphatic heterocycles. The van der Waals surface area contributed by atoms with Crippen molar-refractivity contribution < 1.29 is 14.8 Å². The molecule has 20 heavy (non-hydrogen) atoms. The van der Waals surface area contributed by atoms with Gasteiger partial charge in [0.1, 0.15) is 12.4 Å². The Morgan fingerprint density at radius 1 is 1.45 bits per heavy atom. The number of nitro groups is 1. The van der Waals surface area contributed by atoms with Gasteiger partial charge in [-0.1, -0.05) is 13.8 Å². The molecule has 1 atom stereocenters. The van der Waals surface area contributed by atoms with Crippen LogP contribution < -0.4 is 5.32 Å². The highest BCUT2D eigenvalue weighted by Gasteiger charge is 2.15. The van der Waals surface area contributed by atoms with Crippen LogP contribution in [-0.2, 0) is 4.79 Å². The van der Waals surface area contributed by atoms with Crippen LogP contribution in [0.25, 0.3) is 0 Å². The fourth-order valence-electron chi connectivity index (χ4n) is 1.89. The average Bonchev–Trinajstić information content (AvgIpc) is 2.35. The molecule has 0 aromatic carbocycles. The van der Waals surface area contributed by atoms with E-state index < -0.39 is 10.9 Å². The van der Waals surface area contributed by atoms with E-state index in [1.54, 1.807) is 0 Å². The summed E-state index contributed by atoms with van der Waals surface area (Å²) in [6.45, 7) is 4.47. The molecule has 0 aliphatic carbocycles. The van der Waals surface area contributed by atoms with Gasteiger partial charge in [0.2, 0.25) is 5.95 Å². The Bertz CT molecular complexity index is 461. The number of aliphatic carboxylic acids is 1. The number of rotatable bonds is 8. The number of aromatic nitrogens is 2. The summed E-state index contributed by atoms with van der Waals surface area (Å²) in [6.07, 6.45) is 3.07. The van der Waals surface area contributed by atoms with Crippen LogP contribution in [0.5, 0.6) is 0 Å². The lowest BCUT2D eigenvalue weighted by Crippen LogP contribution is -2.20. The first kappa shape index (κ1) is 15.8. The number of carboxylic acids is 1. The number of carbonyl (C=O) groups is 1.